The Morgan fingerprint density at radius 3 is 2.25 bits per heavy atom. The first-order chi connectivity index (χ1) is 13.7. The molecule has 0 radical (unpaired) electrons. The summed E-state index contributed by atoms with van der Waals surface area (Å²) in [6.07, 6.45) is 0. The van der Waals surface area contributed by atoms with E-state index in [1.807, 2.05) is 11.3 Å². The molecule has 0 N–H and O–H groups in total. The Balaban J connectivity index is 1.85. The first-order valence-corrected chi connectivity index (χ1v) is 10.4. The van der Waals surface area contributed by atoms with Gasteiger partial charge in [0.05, 0.1) is 11.0 Å². The Labute approximate surface area is 167 Å². The first-order valence-electron chi connectivity index (χ1n) is 9.63. The van der Waals surface area contributed by atoms with Crippen LogP contribution in [0.1, 0.15) is 11.1 Å². The molecule has 1 nitrogen and oxygen atoms in total. The van der Waals surface area contributed by atoms with Crippen LogP contribution in [0.4, 0.5) is 0 Å². The van der Waals surface area contributed by atoms with Crippen LogP contribution in [-0.2, 0) is 0 Å². The van der Waals surface area contributed by atoms with Crippen LogP contribution in [0.2, 0.25) is 0 Å². The van der Waals surface area contributed by atoms with Gasteiger partial charge in [-0.1, -0.05) is 54.1 Å². The van der Waals surface area contributed by atoms with Crippen molar-refractivity contribution in [2.45, 2.75) is 13.8 Å². The number of thiophene rings is 1. The average Bonchev–Trinajstić information content (AvgIpc) is 3.24. The Hall–Kier alpha value is -3.10. The van der Waals surface area contributed by atoms with E-state index in [1.165, 1.54) is 58.8 Å². The van der Waals surface area contributed by atoms with Crippen LogP contribution in [-0.4, -0.2) is 4.57 Å². The fourth-order valence-electron chi connectivity index (χ4n) is 4.36. The lowest BCUT2D eigenvalue weighted by Crippen LogP contribution is -1.93. The molecule has 2 aromatic heterocycles. The van der Waals surface area contributed by atoms with Gasteiger partial charge in [0.2, 0.25) is 0 Å². The molecule has 0 saturated heterocycles. The zero-order chi connectivity index (χ0) is 18.8. The minimum Gasteiger partial charge on any atom is -0.309 e. The van der Waals surface area contributed by atoms with Crippen molar-refractivity contribution in [1.82, 2.24) is 4.57 Å². The van der Waals surface area contributed by atoms with Crippen molar-refractivity contribution in [3.8, 4) is 5.69 Å². The van der Waals surface area contributed by atoms with Gasteiger partial charge < -0.3 is 4.57 Å². The van der Waals surface area contributed by atoms with Gasteiger partial charge in [-0.2, -0.15) is 0 Å². The molecule has 0 aliphatic carbocycles. The predicted molar refractivity (Wildman–Crippen MR) is 123 cm³/mol. The van der Waals surface area contributed by atoms with Crippen LogP contribution >= 0.6 is 11.3 Å². The van der Waals surface area contributed by atoms with E-state index in [9.17, 15) is 0 Å². The maximum atomic E-state index is 2.42. The lowest BCUT2D eigenvalue weighted by atomic mass is 10.1. The maximum Gasteiger partial charge on any atom is 0.0555 e. The molecule has 2 heteroatoms. The van der Waals surface area contributed by atoms with Crippen LogP contribution in [0.25, 0.3) is 47.7 Å². The van der Waals surface area contributed by atoms with Gasteiger partial charge in [-0.05, 0) is 49.7 Å². The number of rotatable bonds is 1. The Bertz CT molecular complexity index is 1510. The van der Waals surface area contributed by atoms with Crippen molar-refractivity contribution < 1.29 is 0 Å². The minimum absolute atomic E-state index is 1.22. The molecule has 0 unspecified atom stereocenters. The van der Waals surface area contributed by atoms with Crippen LogP contribution in [0.15, 0.2) is 78.9 Å². The quantitative estimate of drug-likeness (QED) is 0.276. The molecule has 0 amide bonds. The van der Waals surface area contributed by atoms with E-state index in [0.29, 0.717) is 0 Å². The molecule has 0 atom stereocenters. The van der Waals surface area contributed by atoms with Crippen molar-refractivity contribution >= 4 is 53.3 Å². The van der Waals surface area contributed by atoms with E-state index >= 15 is 0 Å². The van der Waals surface area contributed by atoms with E-state index < -0.39 is 0 Å². The molecule has 4 aromatic carbocycles. The highest BCUT2D eigenvalue weighted by Crippen LogP contribution is 2.43. The van der Waals surface area contributed by atoms with Crippen LogP contribution in [0, 0.1) is 13.8 Å². The molecule has 0 fully saturated rings. The molecular weight excluding hydrogens is 358 g/mol. The standard InChI is InChI=1S/C26H19NS/c1-16-7-10-18(11-8-16)27-22-14-13-20-19-5-3-4-6-24(19)28-26(20)25(22)21-12-9-17(2)15-23(21)27/h3-15H,1-2H3. The predicted octanol–water partition coefficient (Wildman–Crippen LogP) is 7.77. The molecule has 0 aliphatic heterocycles. The number of fused-ring (bicyclic) bond motifs is 7. The van der Waals surface area contributed by atoms with Gasteiger partial charge in [0.1, 0.15) is 0 Å². The Morgan fingerprint density at radius 2 is 1.39 bits per heavy atom. The average molecular weight is 378 g/mol. The zero-order valence-corrected chi connectivity index (χ0v) is 16.7. The lowest BCUT2D eigenvalue weighted by Gasteiger charge is -2.08. The van der Waals surface area contributed by atoms with Crippen LogP contribution in [0.3, 0.4) is 0 Å². The van der Waals surface area contributed by atoms with Crippen molar-refractivity contribution in [2.24, 2.45) is 0 Å². The molecule has 0 bridgehead atoms. The van der Waals surface area contributed by atoms with Gasteiger partial charge in [0.15, 0.2) is 0 Å². The molecule has 28 heavy (non-hydrogen) atoms. The monoisotopic (exact) mass is 377 g/mol. The second kappa shape index (κ2) is 5.70. The van der Waals surface area contributed by atoms with E-state index in [1.54, 1.807) is 0 Å². The fraction of sp³-hybridized carbons (Fsp3) is 0.0769. The largest absolute Gasteiger partial charge is 0.309 e. The number of hydrogen-bond acceptors (Lipinski definition) is 1. The first kappa shape index (κ1) is 15.9. The normalized spacial score (nSPS) is 11.9. The maximum absolute atomic E-state index is 2.42. The van der Waals surface area contributed by atoms with Gasteiger partial charge >= 0.3 is 0 Å². The van der Waals surface area contributed by atoms with Gasteiger partial charge in [-0.3, -0.25) is 0 Å². The number of aryl methyl sites for hydroxylation is 2. The Kier molecular flexibility index (Phi) is 3.24. The molecular formula is C26H19NS. The highest BCUT2D eigenvalue weighted by atomic mass is 32.1. The summed E-state index contributed by atoms with van der Waals surface area (Å²) in [5, 5.41) is 5.41. The third-order valence-electron chi connectivity index (χ3n) is 5.72. The van der Waals surface area contributed by atoms with E-state index in [2.05, 4.69) is 97.3 Å². The molecule has 2 heterocycles. The summed E-state index contributed by atoms with van der Waals surface area (Å²) in [5.74, 6) is 0. The minimum atomic E-state index is 1.22. The molecule has 0 aliphatic rings. The highest BCUT2D eigenvalue weighted by molar-refractivity contribution is 7.26. The van der Waals surface area contributed by atoms with Gasteiger partial charge in [-0.15, -0.1) is 11.3 Å². The number of hydrogen-bond donors (Lipinski definition) is 0. The summed E-state index contributed by atoms with van der Waals surface area (Å²) in [6.45, 7) is 4.31. The highest BCUT2D eigenvalue weighted by Gasteiger charge is 2.17. The van der Waals surface area contributed by atoms with Crippen molar-refractivity contribution in [3.05, 3.63) is 90.0 Å². The van der Waals surface area contributed by atoms with Gasteiger partial charge in [0.25, 0.3) is 0 Å². The molecule has 0 saturated carbocycles. The molecule has 6 aromatic rings. The SMILES string of the molecule is Cc1ccc(-n2c3cc(C)ccc3c3c4sc5ccccc5c4ccc32)cc1. The third kappa shape index (κ3) is 2.12. The summed E-state index contributed by atoms with van der Waals surface area (Å²) in [4.78, 5) is 0. The lowest BCUT2D eigenvalue weighted by molar-refractivity contribution is 1.17. The van der Waals surface area contributed by atoms with Crippen LogP contribution < -0.4 is 0 Å². The summed E-state index contributed by atoms with van der Waals surface area (Å²) in [5.41, 5.74) is 6.35. The molecule has 134 valence electrons. The van der Waals surface area contributed by atoms with E-state index in [0.717, 1.165) is 0 Å². The van der Waals surface area contributed by atoms with Crippen molar-refractivity contribution in [2.75, 3.05) is 0 Å². The Morgan fingerprint density at radius 1 is 0.643 bits per heavy atom. The summed E-state index contributed by atoms with van der Waals surface area (Å²) >= 11 is 1.91. The fourth-order valence-corrected chi connectivity index (χ4v) is 5.62. The second-order valence-electron chi connectivity index (χ2n) is 7.63. The van der Waals surface area contributed by atoms with Gasteiger partial charge in [0, 0.05) is 36.6 Å². The summed E-state index contributed by atoms with van der Waals surface area (Å²) < 4.78 is 5.16. The third-order valence-corrected chi connectivity index (χ3v) is 6.93. The van der Waals surface area contributed by atoms with Crippen LogP contribution in [0.5, 0.6) is 0 Å². The van der Waals surface area contributed by atoms with E-state index in [4.69, 9.17) is 0 Å². The smallest absolute Gasteiger partial charge is 0.0555 e. The zero-order valence-electron chi connectivity index (χ0n) is 15.9. The van der Waals surface area contributed by atoms with Crippen molar-refractivity contribution in [1.29, 1.82) is 0 Å². The van der Waals surface area contributed by atoms with Gasteiger partial charge in [-0.25, -0.2) is 0 Å². The topological polar surface area (TPSA) is 4.93 Å². The molecule has 6 rings (SSSR count). The summed E-state index contributed by atoms with van der Waals surface area (Å²) in [7, 11) is 0. The summed E-state index contributed by atoms with van der Waals surface area (Å²) in [6, 6.07) is 29.0. The number of nitrogens with zero attached hydrogens (tertiary/aromatic N) is 1. The van der Waals surface area contributed by atoms with E-state index in [-0.39, 0.29) is 0 Å². The molecule has 0 spiro atoms. The number of aromatic nitrogens is 1. The number of benzene rings is 4. The second-order valence-corrected chi connectivity index (χ2v) is 8.68. The van der Waals surface area contributed by atoms with Crippen molar-refractivity contribution in [3.63, 3.8) is 0 Å².